The first kappa shape index (κ1) is 31.2. The van der Waals surface area contributed by atoms with E-state index in [9.17, 15) is 18.0 Å². The summed E-state index contributed by atoms with van der Waals surface area (Å²) in [5.41, 5.74) is 0.874. The van der Waals surface area contributed by atoms with Gasteiger partial charge in [-0.15, -0.1) is 0 Å². The first-order chi connectivity index (χ1) is 20.3. The van der Waals surface area contributed by atoms with Gasteiger partial charge in [0, 0.05) is 24.2 Å². The summed E-state index contributed by atoms with van der Waals surface area (Å²) in [6.07, 6.45) is 2.03. The van der Waals surface area contributed by atoms with E-state index < -0.39 is 28.5 Å². The molecule has 1 aliphatic rings. The Bertz CT molecular complexity index is 1480. The van der Waals surface area contributed by atoms with Gasteiger partial charge in [0.05, 0.1) is 10.6 Å². The first-order valence-corrected chi connectivity index (χ1v) is 15.9. The molecule has 1 N–H and O–H groups in total. The third-order valence-corrected chi connectivity index (χ3v) is 9.09. The van der Waals surface area contributed by atoms with E-state index in [0.29, 0.717) is 48.3 Å². The summed E-state index contributed by atoms with van der Waals surface area (Å²) < 4.78 is 40.4. The molecule has 0 saturated heterocycles. The number of carbonyl (C=O) groups is 2. The lowest BCUT2D eigenvalue weighted by Crippen LogP contribution is -2.52. The summed E-state index contributed by atoms with van der Waals surface area (Å²) in [6, 6.07) is 18.9. The Hall–Kier alpha value is -3.76. The minimum Gasteiger partial charge on any atom is -0.486 e. The van der Waals surface area contributed by atoms with E-state index in [2.05, 4.69) is 5.32 Å². The highest BCUT2D eigenvalue weighted by Crippen LogP contribution is 2.36. The van der Waals surface area contributed by atoms with Crippen molar-refractivity contribution in [1.82, 2.24) is 10.2 Å². The van der Waals surface area contributed by atoms with Crippen molar-refractivity contribution in [3.63, 3.8) is 0 Å². The second kappa shape index (κ2) is 14.4. The molecule has 9 nitrogen and oxygen atoms in total. The maximum atomic E-state index is 14.2. The van der Waals surface area contributed by atoms with E-state index >= 15 is 0 Å². The quantitative estimate of drug-likeness (QED) is 0.271. The van der Waals surface area contributed by atoms with E-state index in [4.69, 9.17) is 21.1 Å². The fraction of sp³-hybridized carbons (Fsp3) is 0.355. The molecule has 0 bridgehead atoms. The number of ether oxygens (including phenoxy) is 2. The summed E-state index contributed by atoms with van der Waals surface area (Å²) in [7, 11) is -4.20. The molecule has 0 aliphatic carbocycles. The Balaban J connectivity index is 1.74. The van der Waals surface area contributed by atoms with E-state index in [1.54, 1.807) is 60.7 Å². The number of nitrogens with zero attached hydrogens (tertiary/aromatic N) is 2. The zero-order chi connectivity index (χ0) is 30.1. The fourth-order valence-corrected chi connectivity index (χ4v) is 6.29. The molecule has 11 heteroatoms. The molecule has 2 amide bonds. The second-order valence-corrected chi connectivity index (χ2v) is 12.1. The zero-order valence-corrected chi connectivity index (χ0v) is 25.4. The van der Waals surface area contributed by atoms with Gasteiger partial charge in [0.15, 0.2) is 11.5 Å². The number of hydrogen-bond donors (Lipinski definition) is 1. The minimum atomic E-state index is -4.20. The topological polar surface area (TPSA) is 105 Å². The van der Waals surface area contributed by atoms with Crippen molar-refractivity contribution < 1.29 is 27.5 Å². The molecule has 42 heavy (non-hydrogen) atoms. The van der Waals surface area contributed by atoms with Gasteiger partial charge in [-0.3, -0.25) is 13.9 Å². The van der Waals surface area contributed by atoms with Crippen molar-refractivity contribution in [3.8, 4) is 11.5 Å². The lowest BCUT2D eigenvalue weighted by atomic mass is 10.1. The Labute approximate surface area is 252 Å². The number of rotatable bonds is 13. The van der Waals surface area contributed by atoms with Crippen LogP contribution in [0, 0.1) is 0 Å². The van der Waals surface area contributed by atoms with Crippen molar-refractivity contribution in [2.45, 2.75) is 50.6 Å². The molecular weight excluding hydrogens is 578 g/mol. The normalized spacial score (nSPS) is 13.2. The number of nitrogens with one attached hydrogen (secondary N) is 1. The van der Waals surface area contributed by atoms with Gasteiger partial charge < -0.3 is 19.7 Å². The van der Waals surface area contributed by atoms with Crippen LogP contribution in [0.4, 0.5) is 5.69 Å². The van der Waals surface area contributed by atoms with E-state index in [1.807, 2.05) is 13.8 Å². The van der Waals surface area contributed by atoms with Crippen LogP contribution in [0.5, 0.6) is 11.5 Å². The maximum absolute atomic E-state index is 14.2. The van der Waals surface area contributed by atoms with Crippen molar-refractivity contribution in [2.24, 2.45) is 0 Å². The molecule has 1 heterocycles. The molecular formula is C31H36ClN3O6S. The molecule has 3 aromatic rings. The number of benzene rings is 3. The number of anilines is 1. The van der Waals surface area contributed by atoms with Gasteiger partial charge in [0.1, 0.15) is 25.8 Å². The van der Waals surface area contributed by atoms with Gasteiger partial charge in [-0.1, -0.05) is 68.3 Å². The Morgan fingerprint density at radius 1 is 0.952 bits per heavy atom. The van der Waals surface area contributed by atoms with Gasteiger partial charge in [0.25, 0.3) is 10.0 Å². The van der Waals surface area contributed by atoms with Gasteiger partial charge >= 0.3 is 0 Å². The maximum Gasteiger partial charge on any atom is 0.264 e. The number of carbonyl (C=O) groups excluding carboxylic acids is 2. The molecule has 0 aromatic heterocycles. The fourth-order valence-electron chi connectivity index (χ4n) is 4.67. The van der Waals surface area contributed by atoms with Crippen molar-refractivity contribution in [2.75, 3.05) is 30.6 Å². The summed E-state index contributed by atoms with van der Waals surface area (Å²) in [4.78, 5) is 28.9. The van der Waals surface area contributed by atoms with Crippen molar-refractivity contribution in [1.29, 1.82) is 0 Å². The molecule has 4 rings (SSSR count). The van der Waals surface area contributed by atoms with E-state index in [0.717, 1.165) is 17.1 Å². The van der Waals surface area contributed by atoms with Crippen molar-refractivity contribution >= 4 is 39.1 Å². The summed E-state index contributed by atoms with van der Waals surface area (Å²) in [5, 5.41) is 3.36. The summed E-state index contributed by atoms with van der Waals surface area (Å²) >= 11 is 6.45. The van der Waals surface area contributed by atoms with Crippen LogP contribution < -0.4 is 19.1 Å². The Kier molecular flexibility index (Phi) is 10.7. The predicted octanol–water partition coefficient (Wildman–Crippen LogP) is 5.03. The molecule has 0 spiro atoms. The highest BCUT2D eigenvalue weighted by atomic mass is 35.5. The molecule has 1 atom stereocenters. The lowest BCUT2D eigenvalue weighted by molar-refractivity contribution is -0.140. The summed E-state index contributed by atoms with van der Waals surface area (Å²) in [5.74, 6) is 0.0163. The second-order valence-electron chi connectivity index (χ2n) is 9.83. The van der Waals surface area contributed by atoms with E-state index in [-0.39, 0.29) is 23.0 Å². The van der Waals surface area contributed by atoms with Crippen LogP contribution in [0.1, 0.15) is 38.7 Å². The van der Waals surface area contributed by atoms with Crippen molar-refractivity contribution in [3.05, 3.63) is 83.4 Å². The highest BCUT2D eigenvalue weighted by Gasteiger charge is 2.34. The monoisotopic (exact) mass is 613 g/mol. The smallest absolute Gasteiger partial charge is 0.264 e. The first-order valence-electron chi connectivity index (χ1n) is 14.0. The van der Waals surface area contributed by atoms with Gasteiger partial charge in [-0.25, -0.2) is 8.42 Å². The highest BCUT2D eigenvalue weighted by molar-refractivity contribution is 7.92. The predicted molar refractivity (Wildman–Crippen MR) is 162 cm³/mol. The lowest BCUT2D eigenvalue weighted by Gasteiger charge is -2.33. The Morgan fingerprint density at radius 3 is 2.33 bits per heavy atom. The van der Waals surface area contributed by atoms with Gasteiger partial charge in [-0.05, 0) is 48.7 Å². The number of fused-ring (bicyclic) bond motifs is 1. The van der Waals surface area contributed by atoms with Crippen LogP contribution in [0.2, 0.25) is 5.02 Å². The standard InChI is InChI=1S/C31H36ClN3O6S/c1-3-5-17-33-31(37)27(4-2)34(21-23-11-9-10-14-26(23)32)30(36)22-35(42(38,39)25-12-7-6-8-13-25)24-15-16-28-29(20-24)41-19-18-40-28/h6-16,20,27H,3-5,17-19,21-22H2,1-2H3,(H,33,37)/t27-/m0/s1. The third kappa shape index (κ3) is 7.35. The molecule has 0 unspecified atom stereocenters. The molecule has 0 saturated carbocycles. The van der Waals surface area contributed by atoms with Crippen LogP contribution in [0.15, 0.2) is 77.7 Å². The van der Waals surface area contributed by atoms with Crippen LogP contribution >= 0.6 is 11.6 Å². The average Bonchev–Trinajstić information content (AvgIpc) is 3.00. The van der Waals surface area contributed by atoms with Crippen LogP contribution in [0.25, 0.3) is 0 Å². The van der Waals surface area contributed by atoms with E-state index in [1.165, 1.54) is 17.0 Å². The van der Waals surface area contributed by atoms with Gasteiger partial charge in [-0.2, -0.15) is 0 Å². The molecule has 224 valence electrons. The number of sulfonamides is 1. The summed E-state index contributed by atoms with van der Waals surface area (Å²) in [6.45, 7) is 4.49. The largest absolute Gasteiger partial charge is 0.486 e. The SMILES string of the molecule is CCCCNC(=O)[C@H](CC)N(Cc1ccccc1Cl)C(=O)CN(c1ccc2c(c1)OCCO2)S(=O)(=O)c1ccccc1. The molecule has 3 aromatic carbocycles. The van der Waals surface area contributed by atoms with Gasteiger partial charge in [0.2, 0.25) is 11.8 Å². The minimum absolute atomic E-state index is 0.0229. The van der Waals surface area contributed by atoms with Crippen LogP contribution in [-0.4, -0.2) is 57.5 Å². The zero-order valence-electron chi connectivity index (χ0n) is 23.8. The number of halogens is 1. The molecule has 0 fully saturated rings. The Morgan fingerprint density at radius 2 is 1.64 bits per heavy atom. The third-order valence-electron chi connectivity index (χ3n) is 6.94. The number of amides is 2. The number of unbranched alkanes of at least 4 members (excludes halogenated alkanes) is 1. The average molecular weight is 614 g/mol. The van der Waals surface area contributed by atoms with Crippen LogP contribution in [0.3, 0.4) is 0 Å². The van der Waals surface area contributed by atoms with Crippen LogP contribution in [-0.2, 0) is 26.2 Å². The molecule has 1 aliphatic heterocycles. The number of hydrogen-bond acceptors (Lipinski definition) is 6. The molecule has 0 radical (unpaired) electrons.